The van der Waals surface area contributed by atoms with Gasteiger partial charge in [0.15, 0.2) is 0 Å². The van der Waals surface area contributed by atoms with Crippen LogP contribution in [0.1, 0.15) is 32.4 Å². The molecular formula is C11H20N4O2S. The standard InChI is InChI=1S/C11H20N4O2S/c1-8(2)10-5-6-12-11(14-10)13-7-9(3)15-18(4,16)17/h5-6,8-9,15H,7H2,1-4H3,(H,12,13,14)/t9-/m1/s1. The number of nitrogens with one attached hydrogen (secondary N) is 2. The Hall–Kier alpha value is -1.21. The molecule has 102 valence electrons. The summed E-state index contributed by atoms with van der Waals surface area (Å²) in [6.07, 6.45) is 2.83. The van der Waals surface area contributed by atoms with Crippen LogP contribution in [0, 0.1) is 0 Å². The quantitative estimate of drug-likeness (QED) is 0.805. The van der Waals surface area contributed by atoms with E-state index < -0.39 is 10.0 Å². The first-order chi connectivity index (χ1) is 8.28. The zero-order valence-corrected chi connectivity index (χ0v) is 12.0. The first-order valence-corrected chi connectivity index (χ1v) is 7.71. The van der Waals surface area contributed by atoms with Gasteiger partial charge in [-0.3, -0.25) is 0 Å². The number of rotatable bonds is 6. The van der Waals surface area contributed by atoms with Crippen molar-refractivity contribution in [2.75, 3.05) is 18.1 Å². The molecule has 1 rings (SSSR count). The molecule has 0 aliphatic heterocycles. The summed E-state index contributed by atoms with van der Waals surface area (Å²) in [5.41, 5.74) is 0.955. The van der Waals surface area contributed by atoms with Crippen LogP contribution in [0.25, 0.3) is 0 Å². The van der Waals surface area contributed by atoms with Crippen LogP contribution in [0.5, 0.6) is 0 Å². The van der Waals surface area contributed by atoms with Crippen LogP contribution in [0.4, 0.5) is 5.95 Å². The van der Waals surface area contributed by atoms with Crippen LogP contribution >= 0.6 is 0 Å². The highest BCUT2D eigenvalue weighted by Crippen LogP contribution is 2.11. The second-order valence-corrected chi connectivity index (χ2v) is 6.41. The van der Waals surface area contributed by atoms with Crippen molar-refractivity contribution in [2.24, 2.45) is 0 Å². The molecule has 0 spiro atoms. The normalized spacial score (nSPS) is 13.6. The molecule has 0 aliphatic carbocycles. The minimum Gasteiger partial charge on any atom is -0.353 e. The number of aromatic nitrogens is 2. The van der Waals surface area contributed by atoms with E-state index in [4.69, 9.17) is 0 Å². The summed E-state index contributed by atoms with van der Waals surface area (Å²) in [6, 6.07) is 1.65. The molecule has 0 unspecified atom stereocenters. The van der Waals surface area contributed by atoms with Crippen molar-refractivity contribution >= 4 is 16.0 Å². The second kappa shape index (κ2) is 6.10. The topological polar surface area (TPSA) is 84.0 Å². The number of nitrogens with zero attached hydrogens (tertiary/aromatic N) is 2. The second-order valence-electron chi connectivity index (χ2n) is 4.63. The van der Waals surface area contributed by atoms with E-state index >= 15 is 0 Å². The van der Waals surface area contributed by atoms with E-state index in [0.29, 0.717) is 18.4 Å². The highest BCUT2D eigenvalue weighted by atomic mass is 32.2. The molecular weight excluding hydrogens is 252 g/mol. The smallest absolute Gasteiger partial charge is 0.222 e. The van der Waals surface area contributed by atoms with Crippen molar-refractivity contribution in [3.05, 3.63) is 18.0 Å². The molecule has 18 heavy (non-hydrogen) atoms. The Bertz CT molecular complexity index is 488. The zero-order chi connectivity index (χ0) is 13.8. The fourth-order valence-corrected chi connectivity index (χ4v) is 2.25. The van der Waals surface area contributed by atoms with Crippen molar-refractivity contribution in [3.63, 3.8) is 0 Å². The Balaban J connectivity index is 2.56. The molecule has 1 aromatic rings. The van der Waals surface area contributed by atoms with E-state index in [-0.39, 0.29) is 6.04 Å². The molecule has 0 amide bonds. The van der Waals surface area contributed by atoms with Crippen molar-refractivity contribution in [2.45, 2.75) is 32.7 Å². The minimum absolute atomic E-state index is 0.216. The predicted octanol–water partition coefficient (Wildman–Crippen LogP) is 0.950. The first kappa shape index (κ1) is 14.8. The fourth-order valence-electron chi connectivity index (χ4n) is 1.43. The van der Waals surface area contributed by atoms with Gasteiger partial charge in [-0.05, 0) is 18.9 Å². The van der Waals surface area contributed by atoms with E-state index in [9.17, 15) is 8.42 Å². The van der Waals surface area contributed by atoms with Crippen molar-refractivity contribution < 1.29 is 8.42 Å². The van der Waals surface area contributed by atoms with E-state index in [1.165, 1.54) is 0 Å². The lowest BCUT2D eigenvalue weighted by atomic mass is 10.1. The maximum atomic E-state index is 11.0. The van der Waals surface area contributed by atoms with E-state index in [0.717, 1.165) is 11.9 Å². The van der Waals surface area contributed by atoms with Gasteiger partial charge in [-0.15, -0.1) is 0 Å². The molecule has 7 heteroatoms. The Kier molecular flexibility index (Phi) is 5.03. The number of hydrogen-bond acceptors (Lipinski definition) is 5. The lowest BCUT2D eigenvalue weighted by Gasteiger charge is -2.13. The van der Waals surface area contributed by atoms with Crippen LogP contribution in [-0.4, -0.2) is 37.2 Å². The van der Waals surface area contributed by atoms with Gasteiger partial charge >= 0.3 is 0 Å². The van der Waals surface area contributed by atoms with E-state index in [1.807, 2.05) is 6.07 Å². The maximum absolute atomic E-state index is 11.0. The lowest BCUT2D eigenvalue weighted by molar-refractivity contribution is 0.571. The van der Waals surface area contributed by atoms with E-state index in [1.54, 1.807) is 13.1 Å². The summed E-state index contributed by atoms with van der Waals surface area (Å²) >= 11 is 0. The molecule has 0 bridgehead atoms. The lowest BCUT2D eigenvalue weighted by Crippen LogP contribution is -2.36. The summed E-state index contributed by atoms with van der Waals surface area (Å²) in [4.78, 5) is 8.43. The summed E-state index contributed by atoms with van der Waals surface area (Å²) in [6.45, 7) is 6.33. The van der Waals surface area contributed by atoms with Gasteiger partial charge in [-0.25, -0.2) is 23.1 Å². The minimum atomic E-state index is -3.18. The fraction of sp³-hybridized carbons (Fsp3) is 0.636. The monoisotopic (exact) mass is 272 g/mol. The summed E-state index contributed by atoms with van der Waals surface area (Å²) in [5.74, 6) is 0.850. The predicted molar refractivity (Wildman–Crippen MR) is 72.1 cm³/mol. The Labute approximate surface area is 108 Å². The highest BCUT2D eigenvalue weighted by molar-refractivity contribution is 7.88. The highest BCUT2D eigenvalue weighted by Gasteiger charge is 2.09. The SMILES string of the molecule is CC(C)c1ccnc(NC[C@@H](C)NS(C)(=O)=O)n1. The Morgan fingerprint density at radius 1 is 1.33 bits per heavy atom. The van der Waals surface area contributed by atoms with Crippen LogP contribution in [0.3, 0.4) is 0 Å². The number of hydrogen-bond donors (Lipinski definition) is 2. The molecule has 1 aromatic heterocycles. The Morgan fingerprint density at radius 3 is 2.56 bits per heavy atom. The molecule has 2 N–H and O–H groups in total. The summed E-state index contributed by atoms with van der Waals surface area (Å²) in [5, 5.41) is 3.01. The van der Waals surface area contributed by atoms with Crippen LogP contribution in [0.2, 0.25) is 0 Å². The number of anilines is 1. The van der Waals surface area contributed by atoms with Gasteiger partial charge in [0.25, 0.3) is 0 Å². The van der Waals surface area contributed by atoms with Crippen LogP contribution in [-0.2, 0) is 10.0 Å². The van der Waals surface area contributed by atoms with Gasteiger partial charge in [-0.2, -0.15) is 0 Å². The van der Waals surface area contributed by atoms with Crippen molar-refractivity contribution in [1.29, 1.82) is 0 Å². The average molecular weight is 272 g/mol. The molecule has 6 nitrogen and oxygen atoms in total. The van der Waals surface area contributed by atoms with Crippen LogP contribution < -0.4 is 10.0 Å². The summed E-state index contributed by atoms with van der Waals surface area (Å²) < 4.78 is 24.5. The molecule has 0 aromatic carbocycles. The molecule has 0 saturated carbocycles. The van der Waals surface area contributed by atoms with Crippen LogP contribution in [0.15, 0.2) is 12.3 Å². The molecule has 0 aliphatic rings. The van der Waals surface area contributed by atoms with Gasteiger partial charge < -0.3 is 5.32 Å². The molecule has 0 fully saturated rings. The Morgan fingerprint density at radius 2 is 2.00 bits per heavy atom. The average Bonchev–Trinajstić information content (AvgIpc) is 2.24. The molecule has 1 heterocycles. The third kappa shape index (κ3) is 5.42. The van der Waals surface area contributed by atoms with Crippen molar-refractivity contribution in [3.8, 4) is 0 Å². The van der Waals surface area contributed by atoms with Gasteiger partial charge in [0, 0.05) is 24.5 Å². The first-order valence-electron chi connectivity index (χ1n) is 5.82. The maximum Gasteiger partial charge on any atom is 0.222 e. The van der Waals surface area contributed by atoms with E-state index in [2.05, 4.69) is 33.9 Å². The summed E-state index contributed by atoms with van der Waals surface area (Å²) in [7, 11) is -3.18. The zero-order valence-electron chi connectivity index (χ0n) is 11.1. The largest absolute Gasteiger partial charge is 0.353 e. The van der Waals surface area contributed by atoms with Gasteiger partial charge in [0.2, 0.25) is 16.0 Å². The van der Waals surface area contributed by atoms with Crippen molar-refractivity contribution in [1.82, 2.24) is 14.7 Å². The molecule has 0 radical (unpaired) electrons. The third-order valence-corrected chi connectivity index (χ3v) is 3.08. The molecule has 0 saturated heterocycles. The number of sulfonamides is 1. The third-order valence-electron chi connectivity index (χ3n) is 2.25. The molecule has 1 atom stereocenters. The van der Waals surface area contributed by atoms with Gasteiger partial charge in [-0.1, -0.05) is 13.8 Å². The van der Waals surface area contributed by atoms with Gasteiger partial charge in [0.05, 0.1) is 6.26 Å². The van der Waals surface area contributed by atoms with Gasteiger partial charge in [0.1, 0.15) is 0 Å².